The average Bonchev–Trinajstić information content (AvgIpc) is 2.60. The number of carbonyl (C=O) groups is 3. The summed E-state index contributed by atoms with van der Waals surface area (Å²) in [4.78, 5) is 35.7. The molecule has 6 heteroatoms. The van der Waals surface area contributed by atoms with Gasteiger partial charge in [-0.25, -0.2) is 4.79 Å². The number of aryl methyl sites for hydroxylation is 1. The Kier molecular flexibility index (Phi) is 6.28. The van der Waals surface area contributed by atoms with Gasteiger partial charge in [0.15, 0.2) is 6.61 Å². The second kappa shape index (κ2) is 8.63. The molecule has 2 aromatic rings. The normalized spacial score (nSPS) is 10.0. The average molecular weight is 340 g/mol. The molecule has 130 valence electrons. The first kappa shape index (κ1) is 18.2. The van der Waals surface area contributed by atoms with Crippen molar-refractivity contribution in [3.05, 3.63) is 65.2 Å². The van der Waals surface area contributed by atoms with Gasteiger partial charge in [-0.1, -0.05) is 24.3 Å². The molecule has 0 radical (unpaired) electrons. The number of rotatable bonds is 6. The third-order valence-corrected chi connectivity index (χ3v) is 3.45. The molecule has 0 spiro atoms. The molecule has 0 aliphatic rings. The van der Waals surface area contributed by atoms with Gasteiger partial charge in [0, 0.05) is 17.8 Å². The van der Waals surface area contributed by atoms with Crippen molar-refractivity contribution in [2.24, 2.45) is 0 Å². The van der Waals surface area contributed by atoms with Crippen LogP contribution in [0.3, 0.4) is 0 Å². The largest absolute Gasteiger partial charge is 0.452 e. The summed E-state index contributed by atoms with van der Waals surface area (Å²) >= 11 is 0. The zero-order valence-corrected chi connectivity index (χ0v) is 14.2. The summed E-state index contributed by atoms with van der Waals surface area (Å²) in [6, 6.07) is 13.5. The Morgan fingerprint density at radius 2 is 1.80 bits per heavy atom. The quantitative estimate of drug-likeness (QED) is 0.792. The maximum absolute atomic E-state index is 12.0. The molecule has 0 aromatic heterocycles. The van der Waals surface area contributed by atoms with Crippen LogP contribution in [0.15, 0.2) is 48.5 Å². The lowest BCUT2D eigenvalue weighted by Gasteiger charge is -2.09. The maximum atomic E-state index is 12.0. The lowest BCUT2D eigenvalue weighted by molar-refractivity contribution is -0.119. The van der Waals surface area contributed by atoms with E-state index >= 15 is 0 Å². The number of ether oxygens (including phenoxy) is 1. The molecule has 0 fully saturated rings. The van der Waals surface area contributed by atoms with Crippen LogP contribution in [0.5, 0.6) is 0 Å². The fourth-order valence-electron chi connectivity index (χ4n) is 2.21. The van der Waals surface area contributed by atoms with Crippen molar-refractivity contribution in [2.45, 2.75) is 13.8 Å². The monoisotopic (exact) mass is 340 g/mol. The van der Waals surface area contributed by atoms with E-state index in [0.717, 1.165) is 5.56 Å². The van der Waals surface area contributed by atoms with E-state index in [1.807, 2.05) is 13.0 Å². The molecule has 2 amide bonds. The van der Waals surface area contributed by atoms with Crippen molar-refractivity contribution in [3.8, 4) is 0 Å². The Balaban J connectivity index is 1.92. The van der Waals surface area contributed by atoms with Crippen molar-refractivity contribution >= 4 is 23.5 Å². The zero-order chi connectivity index (χ0) is 18.2. The van der Waals surface area contributed by atoms with Crippen LogP contribution in [0.2, 0.25) is 0 Å². The highest BCUT2D eigenvalue weighted by atomic mass is 16.5. The van der Waals surface area contributed by atoms with E-state index < -0.39 is 18.5 Å². The molecule has 6 nitrogen and oxygen atoms in total. The Labute approximate surface area is 146 Å². The van der Waals surface area contributed by atoms with Gasteiger partial charge < -0.3 is 15.4 Å². The molecule has 2 aromatic carbocycles. The molecule has 0 saturated heterocycles. The van der Waals surface area contributed by atoms with E-state index in [1.54, 1.807) is 49.4 Å². The standard InChI is InChI=1S/C19H20N2O4/c1-3-20-18(23)14-8-6-9-15(11-14)21-17(22)12-25-19(24)16-10-5-4-7-13(16)2/h4-11H,3,12H2,1-2H3,(H,20,23)(H,21,22). The minimum atomic E-state index is -0.552. The fraction of sp³-hybridized carbons (Fsp3) is 0.211. The summed E-state index contributed by atoms with van der Waals surface area (Å²) < 4.78 is 5.03. The summed E-state index contributed by atoms with van der Waals surface area (Å²) in [5.74, 6) is -1.25. The van der Waals surface area contributed by atoms with Crippen molar-refractivity contribution < 1.29 is 19.1 Å². The lowest BCUT2D eigenvalue weighted by Crippen LogP contribution is -2.23. The number of anilines is 1. The number of hydrogen-bond donors (Lipinski definition) is 2. The number of benzene rings is 2. The number of amides is 2. The Morgan fingerprint density at radius 1 is 1.04 bits per heavy atom. The molecule has 0 aliphatic heterocycles. The van der Waals surface area contributed by atoms with Crippen LogP contribution in [-0.2, 0) is 9.53 Å². The van der Waals surface area contributed by atoms with Gasteiger partial charge >= 0.3 is 5.97 Å². The predicted molar refractivity (Wildman–Crippen MR) is 94.5 cm³/mol. The van der Waals surface area contributed by atoms with E-state index in [2.05, 4.69) is 10.6 Å². The second-order valence-corrected chi connectivity index (χ2v) is 5.38. The van der Waals surface area contributed by atoms with Crippen LogP contribution in [0.25, 0.3) is 0 Å². The molecular formula is C19H20N2O4. The smallest absolute Gasteiger partial charge is 0.338 e. The molecule has 2 rings (SSSR count). The topological polar surface area (TPSA) is 84.5 Å². The number of hydrogen-bond acceptors (Lipinski definition) is 4. The number of esters is 1. The van der Waals surface area contributed by atoms with Crippen LogP contribution < -0.4 is 10.6 Å². The highest BCUT2D eigenvalue weighted by Gasteiger charge is 2.13. The third kappa shape index (κ3) is 5.17. The molecule has 0 heterocycles. The molecule has 0 atom stereocenters. The van der Waals surface area contributed by atoms with Crippen LogP contribution in [0, 0.1) is 6.92 Å². The van der Waals surface area contributed by atoms with Crippen LogP contribution in [0.4, 0.5) is 5.69 Å². The van der Waals surface area contributed by atoms with Crippen molar-refractivity contribution in [1.29, 1.82) is 0 Å². The maximum Gasteiger partial charge on any atom is 0.338 e. The first-order valence-electron chi connectivity index (χ1n) is 7.92. The van der Waals surface area contributed by atoms with Gasteiger partial charge in [0.05, 0.1) is 5.56 Å². The van der Waals surface area contributed by atoms with Crippen molar-refractivity contribution in [3.63, 3.8) is 0 Å². The highest BCUT2D eigenvalue weighted by molar-refractivity contribution is 5.98. The van der Waals surface area contributed by atoms with Crippen LogP contribution in [-0.4, -0.2) is 30.9 Å². The molecular weight excluding hydrogens is 320 g/mol. The molecule has 0 saturated carbocycles. The van der Waals surface area contributed by atoms with Gasteiger partial charge in [0.2, 0.25) is 0 Å². The number of nitrogens with one attached hydrogen (secondary N) is 2. The third-order valence-electron chi connectivity index (χ3n) is 3.45. The summed E-state index contributed by atoms with van der Waals surface area (Å²) in [7, 11) is 0. The van der Waals surface area contributed by atoms with E-state index in [1.165, 1.54) is 0 Å². The second-order valence-electron chi connectivity index (χ2n) is 5.38. The minimum absolute atomic E-state index is 0.218. The molecule has 2 N–H and O–H groups in total. The minimum Gasteiger partial charge on any atom is -0.452 e. The molecule has 0 aliphatic carbocycles. The predicted octanol–water partition coefficient (Wildman–Crippen LogP) is 2.54. The van der Waals surface area contributed by atoms with E-state index in [9.17, 15) is 14.4 Å². The molecule has 0 bridgehead atoms. The highest BCUT2D eigenvalue weighted by Crippen LogP contribution is 2.11. The SMILES string of the molecule is CCNC(=O)c1cccc(NC(=O)COC(=O)c2ccccc2C)c1. The summed E-state index contributed by atoms with van der Waals surface area (Å²) in [6.45, 7) is 3.73. The Hall–Kier alpha value is -3.15. The van der Waals surface area contributed by atoms with Crippen molar-refractivity contribution in [2.75, 3.05) is 18.5 Å². The van der Waals surface area contributed by atoms with Gasteiger partial charge in [0.1, 0.15) is 0 Å². The fourth-order valence-corrected chi connectivity index (χ4v) is 2.21. The van der Waals surface area contributed by atoms with Gasteiger partial charge in [-0.05, 0) is 43.7 Å². The van der Waals surface area contributed by atoms with Gasteiger partial charge in [-0.3, -0.25) is 9.59 Å². The Bertz CT molecular complexity index is 786. The molecule has 25 heavy (non-hydrogen) atoms. The lowest BCUT2D eigenvalue weighted by atomic mass is 10.1. The van der Waals surface area contributed by atoms with Crippen molar-refractivity contribution in [1.82, 2.24) is 5.32 Å². The first-order valence-corrected chi connectivity index (χ1v) is 7.92. The molecule has 0 unspecified atom stereocenters. The van der Waals surface area contributed by atoms with Crippen LogP contribution >= 0.6 is 0 Å². The summed E-state index contributed by atoms with van der Waals surface area (Å²) in [5.41, 5.74) is 2.10. The van der Waals surface area contributed by atoms with Gasteiger partial charge in [0.25, 0.3) is 11.8 Å². The summed E-state index contributed by atoms with van der Waals surface area (Å²) in [5, 5.41) is 5.29. The van der Waals surface area contributed by atoms with E-state index in [0.29, 0.717) is 23.4 Å². The first-order chi connectivity index (χ1) is 12.0. The summed E-state index contributed by atoms with van der Waals surface area (Å²) in [6.07, 6.45) is 0. The van der Waals surface area contributed by atoms with Gasteiger partial charge in [-0.2, -0.15) is 0 Å². The van der Waals surface area contributed by atoms with E-state index in [4.69, 9.17) is 4.74 Å². The Morgan fingerprint density at radius 3 is 2.52 bits per heavy atom. The number of carbonyl (C=O) groups excluding carboxylic acids is 3. The van der Waals surface area contributed by atoms with Crippen LogP contribution in [0.1, 0.15) is 33.2 Å². The zero-order valence-electron chi connectivity index (χ0n) is 14.2. The van der Waals surface area contributed by atoms with E-state index in [-0.39, 0.29) is 5.91 Å². The van der Waals surface area contributed by atoms with Gasteiger partial charge in [-0.15, -0.1) is 0 Å².